The van der Waals surface area contributed by atoms with E-state index < -0.39 is 0 Å². The van der Waals surface area contributed by atoms with E-state index in [1.807, 2.05) is 10.8 Å². The summed E-state index contributed by atoms with van der Waals surface area (Å²) in [7, 11) is 0. The Kier molecular flexibility index (Phi) is 2.77. The van der Waals surface area contributed by atoms with Crippen molar-refractivity contribution in [2.24, 2.45) is 0 Å². The summed E-state index contributed by atoms with van der Waals surface area (Å²) in [5, 5.41) is 5.27. The molecule has 2 amide bonds. The Morgan fingerprint density at radius 2 is 2.47 bits per heavy atom. The second kappa shape index (κ2) is 4.22. The molecule has 1 aromatic heterocycles. The van der Waals surface area contributed by atoms with Gasteiger partial charge in [0.1, 0.15) is 0 Å². The Balaban J connectivity index is 1.74. The lowest BCUT2D eigenvalue weighted by Crippen LogP contribution is -2.37. The summed E-state index contributed by atoms with van der Waals surface area (Å²) in [6.07, 6.45) is 5.50. The summed E-state index contributed by atoms with van der Waals surface area (Å²) in [6, 6.07) is -0.374. The van der Waals surface area contributed by atoms with E-state index in [1.54, 1.807) is 12.5 Å². The van der Waals surface area contributed by atoms with Crippen molar-refractivity contribution in [2.75, 3.05) is 6.54 Å². The van der Waals surface area contributed by atoms with Gasteiger partial charge in [0.05, 0.1) is 18.8 Å². The van der Waals surface area contributed by atoms with Crippen LogP contribution in [0.15, 0.2) is 18.7 Å². The Labute approximate surface area is 86.7 Å². The van der Waals surface area contributed by atoms with E-state index in [0.29, 0.717) is 6.54 Å². The van der Waals surface area contributed by atoms with Gasteiger partial charge in [-0.05, 0) is 0 Å². The Morgan fingerprint density at radius 3 is 3.07 bits per heavy atom. The molecule has 2 N–H and O–H groups in total. The van der Waals surface area contributed by atoms with Crippen LogP contribution in [0.3, 0.4) is 0 Å². The molecule has 0 radical (unpaired) electrons. The number of hydrogen-bond acceptors (Lipinski definition) is 4. The molecule has 80 valence electrons. The van der Waals surface area contributed by atoms with Crippen LogP contribution in [0, 0.1) is 0 Å². The molecule has 2 heterocycles. The van der Waals surface area contributed by atoms with E-state index in [0.717, 1.165) is 6.54 Å². The molecule has 0 aromatic carbocycles. The highest BCUT2D eigenvalue weighted by molar-refractivity contribution is 6.05. The first kappa shape index (κ1) is 9.85. The van der Waals surface area contributed by atoms with Crippen molar-refractivity contribution in [2.45, 2.75) is 19.0 Å². The van der Waals surface area contributed by atoms with Gasteiger partial charge in [0.15, 0.2) is 0 Å². The minimum atomic E-state index is -0.374. The largest absolute Gasteiger partial charge is 0.336 e. The average molecular weight is 208 g/mol. The fraction of sp³-hybridized carbons (Fsp3) is 0.444. The van der Waals surface area contributed by atoms with Crippen molar-refractivity contribution >= 4 is 11.8 Å². The molecule has 1 atom stereocenters. The first-order valence-corrected chi connectivity index (χ1v) is 4.78. The average Bonchev–Trinajstić information content (AvgIpc) is 2.77. The van der Waals surface area contributed by atoms with E-state index in [-0.39, 0.29) is 24.3 Å². The summed E-state index contributed by atoms with van der Waals surface area (Å²) in [4.78, 5) is 25.9. The molecule has 1 aliphatic heterocycles. The summed E-state index contributed by atoms with van der Waals surface area (Å²) in [5.74, 6) is -0.439. The van der Waals surface area contributed by atoms with Crippen molar-refractivity contribution in [1.29, 1.82) is 0 Å². The molecule has 6 heteroatoms. The lowest BCUT2D eigenvalue weighted by molar-refractivity contribution is -0.125. The fourth-order valence-corrected chi connectivity index (χ4v) is 1.51. The van der Waals surface area contributed by atoms with Crippen LogP contribution in [0.5, 0.6) is 0 Å². The molecular formula is C9H12N4O2. The lowest BCUT2D eigenvalue weighted by Gasteiger charge is -2.08. The lowest BCUT2D eigenvalue weighted by atomic mass is 10.2. The number of hydrogen-bond donors (Lipinski definition) is 2. The monoisotopic (exact) mass is 208 g/mol. The number of imidazole rings is 1. The summed E-state index contributed by atoms with van der Waals surface area (Å²) in [5.41, 5.74) is 0. The molecule has 1 fully saturated rings. The van der Waals surface area contributed by atoms with Gasteiger partial charge in [0.2, 0.25) is 11.8 Å². The van der Waals surface area contributed by atoms with Crippen LogP contribution in [0.2, 0.25) is 0 Å². The standard InChI is InChI=1S/C9H12N4O2/c14-8-5-7(9(15)12-8)11-2-4-13-3-1-10-6-13/h1,3,6-7,11H,2,4-5H2,(H,12,14,15). The van der Waals surface area contributed by atoms with Crippen LogP contribution < -0.4 is 10.6 Å². The molecule has 0 bridgehead atoms. The number of carbonyl (C=O) groups is 2. The number of aromatic nitrogens is 2. The second-order valence-electron chi connectivity index (χ2n) is 3.42. The van der Waals surface area contributed by atoms with Gasteiger partial charge < -0.3 is 9.88 Å². The first-order chi connectivity index (χ1) is 7.25. The third-order valence-corrected chi connectivity index (χ3v) is 2.29. The van der Waals surface area contributed by atoms with Crippen molar-refractivity contribution in [3.8, 4) is 0 Å². The second-order valence-corrected chi connectivity index (χ2v) is 3.42. The predicted octanol–water partition coefficient (Wildman–Crippen LogP) is -1.11. The highest BCUT2D eigenvalue weighted by Gasteiger charge is 2.29. The summed E-state index contributed by atoms with van der Waals surface area (Å²) >= 11 is 0. The Morgan fingerprint density at radius 1 is 1.60 bits per heavy atom. The van der Waals surface area contributed by atoms with Gasteiger partial charge in [0, 0.05) is 25.5 Å². The molecule has 1 aliphatic rings. The molecule has 0 saturated carbocycles. The van der Waals surface area contributed by atoms with Crippen LogP contribution in [0.1, 0.15) is 6.42 Å². The van der Waals surface area contributed by atoms with Crippen molar-refractivity contribution in [1.82, 2.24) is 20.2 Å². The zero-order valence-electron chi connectivity index (χ0n) is 8.14. The summed E-state index contributed by atoms with van der Waals surface area (Å²) in [6.45, 7) is 1.37. The van der Waals surface area contributed by atoms with Crippen LogP contribution in [-0.2, 0) is 16.1 Å². The molecule has 6 nitrogen and oxygen atoms in total. The quantitative estimate of drug-likeness (QED) is 0.615. The third kappa shape index (κ3) is 2.41. The van der Waals surface area contributed by atoms with Gasteiger partial charge in [0.25, 0.3) is 0 Å². The van der Waals surface area contributed by atoms with Crippen molar-refractivity contribution < 1.29 is 9.59 Å². The Bertz CT molecular complexity index is 360. The molecule has 0 aliphatic carbocycles. The van der Waals surface area contributed by atoms with Crippen LogP contribution in [0.25, 0.3) is 0 Å². The van der Waals surface area contributed by atoms with Gasteiger partial charge in [-0.3, -0.25) is 14.9 Å². The van der Waals surface area contributed by atoms with Crippen molar-refractivity contribution in [3.63, 3.8) is 0 Å². The highest BCUT2D eigenvalue weighted by atomic mass is 16.2. The van der Waals surface area contributed by atoms with Crippen molar-refractivity contribution in [3.05, 3.63) is 18.7 Å². The topological polar surface area (TPSA) is 76.0 Å². The van der Waals surface area contributed by atoms with E-state index in [4.69, 9.17) is 0 Å². The van der Waals surface area contributed by atoms with Gasteiger partial charge in [-0.25, -0.2) is 4.98 Å². The van der Waals surface area contributed by atoms with Crippen LogP contribution in [0.4, 0.5) is 0 Å². The number of rotatable bonds is 4. The van der Waals surface area contributed by atoms with E-state index >= 15 is 0 Å². The molecule has 1 saturated heterocycles. The minimum absolute atomic E-state index is 0.208. The SMILES string of the molecule is O=C1CC(NCCn2ccnc2)C(=O)N1. The third-order valence-electron chi connectivity index (χ3n) is 2.29. The van der Waals surface area contributed by atoms with Gasteiger partial charge in [-0.15, -0.1) is 0 Å². The maximum atomic E-state index is 11.2. The molecule has 1 unspecified atom stereocenters. The molecule has 2 rings (SSSR count). The molecule has 0 spiro atoms. The summed E-state index contributed by atoms with van der Waals surface area (Å²) < 4.78 is 1.90. The van der Waals surface area contributed by atoms with Crippen LogP contribution in [-0.4, -0.2) is 34.0 Å². The number of carbonyl (C=O) groups excluding carboxylic acids is 2. The number of amides is 2. The number of nitrogens with zero attached hydrogens (tertiary/aromatic N) is 2. The normalized spacial score (nSPS) is 20.7. The van der Waals surface area contributed by atoms with E-state index in [2.05, 4.69) is 15.6 Å². The highest BCUT2D eigenvalue weighted by Crippen LogP contribution is 2.00. The smallest absolute Gasteiger partial charge is 0.244 e. The number of imide groups is 1. The fourth-order valence-electron chi connectivity index (χ4n) is 1.51. The molecule has 1 aromatic rings. The van der Waals surface area contributed by atoms with Gasteiger partial charge >= 0.3 is 0 Å². The predicted molar refractivity (Wildman–Crippen MR) is 51.8 cm³/mol. The zero-order chi connectivity index (χ0) is 10.7. The molecular weight excluding hydrogens is 196 g/mol. The first-order valence-electron chi connectivity index (χ1n) is 4.78. The van der Waals surface area contributed by atoms with E-state index in [1.165, 1.54) is 0 Å². The maximum absolute atomic E-state index is 11.2. The maximum Gasteiger partial charge on any atom is 0.244 e. The number of nitrogens with one attached hydrogen (secondary N) is 2. The van der Waals surface area contributed by atoms with E-state index in [9.17, 15) is 9.59 Å². The van der Waals surface area contributed by atoms with Crippen LogP contribution >= 0.6 is 0 Å². The van der Waals surface area contributed by atoms with Gasteiger partial charge in [-0.1, -0.05) is 0 Å². The Hall–Kier alpha value is -1.69. The minimum Gasteiger partial charge on any atom is -0.336 e. The molecule has 15 heavy (non-hydrogen) atoms. The zero-order valence-corrected chi connectivity index (χ0v) is 8.14. The van der Waals surface area contributed by atoms with Gasteiger partial charge in [-0.2, -0.15) is 0 Å².